The average molecular weight is 506 g/mol. The number of rotatable bonds is 6. The summed E-state index contributed by atoms with van der Waals surface area (Å²) in [6, 6.07) is 8.24. The van der Waals surface area contributed by atoms with Crippen molar-refractivity contribution in [2.75, 3.05) is 5.32 Å². The zero-order valence-corrected chi connectivity index (χ0v) is 22.4. The minimum Gasteiger partial charge on any atom is -0.351 e. The van der Waals surface area contributed by atoms with Crippen LogP contribution >= 0.6 is 0 Å². The molecule has 5 rings (SSSR count). The number of imidazole rings is 1. The first kappa shape index (κ1) is 25.7. The molecule has 0 unspecified atom stereocenters. The maximum Gasteiger partial charge on any atom is 0.333 e. The van der Waals surface area contributed by atoms with Crippen molar-refractivity contribution < 1.29 is 4.39 Å². The van der Waals surface area contributed by atoms with Crippen molar-refractivity contribution in [1.82, 2.24) is 19.1 Å². The van der Waals surface area contributed by atoms with Crippen molar-refractivity contribution >= 4 is 5.95 Å². The molecule has 3 aromatic rings. The van der Waals surface area contributed by atoms with Gasteiger partial charge in [-0.15, -0.1) is 0 Å². The van der Waals surface area contributed by atoms with Crippen LogP contribution in [-0.2, 0) is 0 Å². The molecule has 2 heterocycles. The van der Waals surface area contributed by atoms with Gasteiger partial charge in [0.05, 0.1) is 17.1 Å². The second kappa shape index (κ2) is 11.2. The molecule has 2 saturated carbocycles. The lowest BCUT2D eigenvalue weighted by Gasteiger charge is -2.34. The van der Waals surface area contributed by atoms with Gasteiger partial charge in [-0.3, -0.25) is 9.13 Å². The van der Waals surface area contributed by atoms with Crippen molar-refractivity contribution in [3.05, 3.63) is 58.5 Å². The molecule has 2 aliphatic rings. The van der Waals surface area contributed by atoms with Crippen LogP contribution in [-0.4, -0.2) is 25.1 Å². The fraction of sp³-hybridized carbons (Fsp3) is 0.567. The van der Waals surface area contributed by atoms with Crippen LogP contribution in [0.5, 0.6) is 0 Å². The molecule has 2 aliphatic carbocycles. The first-order valence-electron chi connectivity index (χ1n) is 14.1. The number of halogens is 1. The Balaban J connectivity index is 1.38. The number of hydrogen-bond acceptors (Lipinski definition) is 4. The lowest BCUT2D eigenvalue weighted by Crippen LogP contribution is -2.29. The van der Waals surface area contributed by atoms with E-state index in [-0.39, 0.29) is 17.5 Å². The lowest BCUT2D eigenvalue weighted by molar-refractivity contribution is 0.219. The largest absolute Gasteiger partial charge is 0.351 e. The molecule has 2 fully saturated rings. The zero-order valence-electron chi connectivity index (χ0n) is 22.4. The van der Waals surface area contributed by atoms with E-state index < -0.39 is 0 Å². The summed E-state index contributed by atoms with van der Waals surface area (Å²) in [5.41, 5.74) is 2.70. The monoisotopic (exact) mass is 505 g/mol. The normalized spacial score (nSPS) is 21.2. The summed E-state index contributed by atoms with van der Waals surface area (Å²) in [6.07, 6.45) is 15.1. The fourth-order valence-corrected chi connectivity index (χ4v) is 6.62. The Morgan fingerprint density at radius 3 is 2.22 bits per heavy atom. The van der Waals surface area contributed by atoms with Crippen LogP contribution in [0.2, 0.25) is 0 Å². The van der Waals surface area contributed by atoms with Crippen molar-refractivity contribution in [2.45, 2.75) is 97.1 Å². The highest BCUT2D eigenvalue weighted by Gasteiger charge is 2.28. The number of anilines is 1. The summed E-state index contributed by atoms with van der Waals surface area (Å²) in [5, 5.41) is 3.59. The van der Waals surface area contributed by atoms with Crippen LogP contribution < -0.4 is 11.0 Å². The predicted octanol–water partition coefficient (Wildman–Crippen LogP) is 7.07. The maximum atomic E-state index is 13.6. The van der Waals surface area contributed by atoms with Gasteiger partial charge in [0.15, 0.2) is 0 Å². The standard InChI is InChI=1S/C30H40FN5O/c1-20(2)35-21(3)28(36(30(35)37)26-16-12-24(31)13-17-26)27-18-19-32-29(34-27)33-25-14-10-23(11-15-25)22-8-6-4-5-7-9-22/h12-13,16-20,22-23,25H,4-11,14-15H2,1-3H3,(H,32,33,34). The van der Waals surface area contributed by atoms with Crippen molar-refractivity contribution in [3.8, 4) is 17.1 Å². The third-order valence-electron chi connectivity index (χ3n) is 8.50. The van der Waals surface area contributed by atoms with E-state index in [1.807, 2.05) is 26.8 Å². The van der Waals surface area contributed by atoms with Gasteiger partial charge in [-0.05, 0) is 88.6 Å². The molecule has 1 N–H and O–H groups in total. The van der Waals surface area contributed by atoms with Gasteiger partial charge < -0.3 is 5.32 Å². The summed E-state index contributed by atoms with van der Waals surface area (Å²) in [7, 11) is 0. The smallest absolute Gasteiger partial charge is 0.333 e. The minimum atomic E-state index is -0.333. The Morgan fingerprint density at radius 2 is 1.57 bits per heavy atom. The van der Waals surface area contributed by atoms with Gasteiger partial charge in [-0.2, -0.15) is 0 Å². The van der Waals surface area contributed by atoms with Crippen LogP contribution in [0.15, 0.2) is 41.3 Å². The van der Waals surface area contributed by atoms with E-state index in [0.29, 0.717) is 29.1 Å². The second-order valence-corrected chi connectivity index (χ2v) is 11.3. The lowest BCUT2D eigenvalue weighted by atomic mass is 9.75. The van der Waals surface area contributed by atoms with Crippen molar-refractivity contribution in [1.29, 1.82) is 0 Å². The highest BCUT2D eigenvalue weighted by molar-refractivity contribution is 5.62. The molecule has 37 heavy (non-hydrogen) atoms. The van der Waals surface area contributed by atoms with Gasteiger partial charge in [0, 0.05) is 24.0 Å². The summed E-state index contributed by atoms with van der Waals surface area (Å²) in [5.74, 6) is 2.05. The Labute approximate surface area is 219 Å². The Bertz CT molecular complexity index is 1250. The van der Waals surface area contributed by atoms with E-state index in [0.717, 1.165) is 30.4 Å². The van der Waals surface area contributed by atoms with Gasteiger partial charge >= 0.3 is 5.69 Å². The summed E-state index contributed by atoms with van der Waals surface area (Å²) >= 11 is 0. The Hall–Kier alpha value is -2.96. The molecule has 0 amide bonds. The number of hydrogen-bond donors (Lipinski definition) is 1. The molecule has 0 radical (unpaired) electrons. The molecule has 2 aromatic heterocycles. The number of nitrogens with one attached hydrogen (secondary N) is 1. The average Bonchev–Trinajstić information content (AvgIpc) is 3.04. The Morgan fingerprint density at radius 1 is 0.919 bits per heavy atom. The van der Waals surface area contributed by atoms with E-state index in [1.165, 1.54) is 63.5 Å². The molecule has 1 aromatic carbocycles. The van der Waals surface area contributed by atoms with Crippen LogP contribution in [0.4, 0.5) is 10.3 Å². The molecule has 6 nitrogen and oxygen atoms in total. The third-order valence-corrected chi connectivity index (χ3v) is 8.50. The van der Waals surface area contributed by atoms with Gasteiger partial charge in [-0.1, -0.05) is 38.5 Å². The number of aromatic nitrogens is 4. The van der Waals surface area contributed by atoms with Gasteiger partial charge in [0.2, 0.25) is 5.95 Å². The molecule has 0 atom stereocenters. The van der Waals surface area contributed by atoms with E-state index >= 15 is 0 Å². The van der Waals surface area contributed by atoms with Gasteiger partial charge in [0.1, 0.15) is 5.82 Å². The van der Waals surface area contributed by atoms with Gasteiger partial charge in [0.25, 0.3) is 0 Å². The molecule has 0 saturated heterocycles. The van der Waals surface area contributed by atoms with Gasteiger partial charge in [-0.25, -0.2) is 19.2 Å². The summed E-state index contributed by atoms with van der Waals surface area (Å²) in [4.78, 5) is 22.9. The fourth-order valence-electron chi connectivity index (χ4n) is 6.62. The number of benzene rings is 1. The highest BCUT2D eigenvalue weighted by atomic mass is 19.1. The van der Waals surface area contributed by atoms with E-state index in [1.54, 1.807) is 27.5 Å². The zero-order chi connectivity index (χ0) is 25.9. The molecular formula is C30H40FN5O. The summed E-state index contributed by atoms with van der Waals surface area (Å²) in [6.45, 7) is 5.93. The first-order chi connectivity index (χ1) is 17.9. The first-order valence-corrected chi connectivity index (χ1v) is 14.1. The molecular weight excluding hydrogens is 465 g/mol. The third kappa shape index (κ3) is 5.51. The minimum absolute atomic E-state index is 0.0176. The quantitative estimate of drug-likeness (QED) is 0.364. The van der Waals surface area contributed by atoms with Crippen LogP contribution in [0.1, 0.15) is 89.8 Å². The summed E-state index contributed by atoms with van der Waals surface area (Å²) < 4.78 is 17.0. The van der Waals surface area contributed by atoms with Crippen LogP contribution in [0, 0.1) is 24.6 Å². The predicted molar refractivity (Wildman–Crippen MR) is 147 cm³/mol. The number of nitrogens with zero attached hydrogens (tertiary/aromatic N) is 4. The van der Waals surface area contributed by atoms with Crippen molar-refractivity contribution in [2.24, 2.45) is 11.8 Å². The van der Waals surface area contributed by atoms with Crippen LogP contribution in [0.25, 0.3) is 17.1 Å². The van der Waals surface area contributed by atoms with Crippen molar-refractivity contribution in [3.63, 3.8) is 0 Å². The van der Waals surface area contributed by atoms with E-state index in [4.69, 9.17) is 4.98 Å². The molecule has 0 aliphatic heterocycles. The van der Waals surface area contributed by atoms with Crippen LogP contribution in [0.3, 0.4) is 0 Å². The Kier molecular flexibility index (Phi) is 7.77. The molecule has 0 spiro atoms. The molecule has 198 valence electrons. The molecule has 7 heteroatoms. The topological polar surface area (TPSA) is 64.7 Å². The molecule has 0 bridgehead atoms. The SMILES string of the molecule is Cc1c(-c2ccnc(NC3CCC(C4CCCCCC4)CC3)n2)n(-c2ccc(F)cc2)c(=O)n1C(C)C. The van der Waals surface area contributed by atoms with E-state index in [9.17, 15) is 9.18 Å². The van der Waals surface area contributed by atoms with E-state index in [2.05, 4.69) is 10.3 Å². The second-order valence-electron chi connectivity index (χ2n) is 11.3. The maximum absolute atomic E-state index is 13.6. The highest BCUT2D eigenvalue weighted by Crippen LogP contribution is 2.38.